The van der Waals surface area contributed by atoms with Crippen molar-refractivity contribution in [1.82, 2.24) is 0 Å². The number of anilines is 2. The molecule has 0 spiro atoms. The molecule has 31 heavy (non-hydrogen) atoms. The van der Waals surface area contributed by atoms with Crippen LogP contribution in [0.3, 0.4) is 0 Å². The lowest BCUT2D eigenvalue weighted by Gasteiger charge is -2.15. The predicted octanol–water partition coefficient (Wildman–Crippen LogP) is 5.66. The molecule has 0 saturated carbocycles. The van der Waals surface area contributed by atoms with E-state index in [1.165, 1.54) is 7.11 Å². The third-order valence-corrected chi connectivity index (χ3v) is 4.87. The van der Waals surface area contributed by atoms with Gasteiger partial charge in [-0.25, -0.2) is 0 Å². The lowest BCUT2D eigenvalue weighted by molar-refractivity contribution is -0.122. The van der Waals surface area contributed by atoms with E-state index in [1.807, 2.05) is 0 Å². The number of amides is 2. The summed E-state index contributed by atoms with van der Waals surface area (Å²) in [5.41, 5.74) is 1.62. The van der Waals surface area contributed by atoms with E-state index in [2.05, 4.69) is 10.6 Å². The van der Waals surface area contributed by atoms with E-state index in [4.69, 9.17) is 32.7 Å². The fourth-order valence-corrected chi connectivity index (χ4v) is 3.05. The van der Waals surface area contributed by atoms with Crippen LogP contribution in [0.2, 0.25) is 10.0 Å². The fourth-order valence-electron chi connectivity index (χ4n) is 2.67. The van der Waals surface area contributed by atoms with Crippen molar-refractivity contribution in [3.63, 3.8) is 0 Å². The molecule has 0 saturated heterocycles. The Bertz CT molecular complexity index is 1070. The molecule has 0 aromatic heterocycles. The molecule has 2 amide bonds. The first-order valence-corrected chi connectivity index (χ1v) is 10.1. The van der Waals surface area contributed by atoms with Crippen LogP contribution < -0.4 is 20.1 Å². The predicted molar refractivity (Wildman–Crippen MR) is 123 cm³/mol. The van der Waals surface area contributed by atoms with Crippen LogP contribution in [0, 0.1) is 0 Å². The molecule has 3 aromatic rings. The minimum atomic E-state index is -0.769. The first-order valence-electron chi connectivity index (χ1n) is 9.34. The highest BCUT2D eigenvalue weighted by Gasteiger charge is 2.16. The Morgan fingerprint density at radius 1 is 0.871 bits per heavy atom. The number of carbonyl (C=O) groups excluding carboxylic acids is 2. The molecule has 1 unspecified atom stereocenters. The maximum Gasteiger partial charge on any atom is 0.265 e. The fraction of sp³-hybridized carbons (Fsp3) is 0.130. The number of rotatable bonds is 7. The van der Waals surface area contributed by atoms with Crippen molar-refractivity contribution in [3.8, 4) is 11.5 Å². The zero-order valence-corrected chi connectivity index (χ0v) is 18.3. The number of halogens is 2. The maximum atomic E-state index is 12.4. The van der Waals surface area contributed by atoms with Gasteiger partial charge in [0.15, 0.2) is 6.10 Å². The van der Waals surface area contributed by atoms with E-state index in [0.29, 0.717) is 38.5 Å². The monoisotopic (exact) mass is 458 g/mol. The highest BCUT2D eigenvalue weighted by Crippen LogP contribution is 2.27. The van der Waals surface area contributed by atoms with Crippen LogP contribution in [0.25, 0.3) is 0 Å². The Hall–Kier alpha value is -3.22. The van der Waals surface area contributed by atoms with Crippen LogP contribution in [0.15, 0.2) is 66.7 Å². The Morgan fingerprint density at radius 3 is 2.13 bits per heavy atom. The van der Waals surface area contributed by atoms with Crippen molar-refractivity contribution in [2.75, 3.05) is 17.7 Å². The average Bonchev–Trinajstić information content (AvgIpc) is 2.76. The number of benzene rings is 3. The van der Waals surface area contributed by atoms with Crippen molar-refractivity contribution < 1.29 is 19.1 Å². The summed E-state index contributed by atoms with van der Waals surface area (Å²) in [6.45, 7) is 1.63. The third-order valence-electron chi connectivity index (χ3n) is 4.32. The summed E-state index contributed by atoms with van der Waals surface area (Å²) in [5.74, 6) is 0.365. The highest BCUT2D eigenvalue weighted by atomic mass is 35.5. The van der Waals surface area contributed by atoms with Gasteiger partial charge in [-0.05, 0) is 73.7 Å². The normalized spacial score (nSPS) is 11.4. The largest absolute Gasteiger partial charge is 0.495 e. The zero-order valence-electron chi connectivity index (χ0n) is 16.8. The van der Waals surface area contributed by atoms with E-state index < -0.39 is 6.10 Å². The molecule has 1 atom stereocenters. The minimum Gasteiger partial charge on any atom is -0.495 e. The quantitative estimate of drug-likeness (QED) is 0.478. The number of nitrogens with one attached hydrogen (secondary N) is 2. The second kappa shape index (κ2) is 10.2. The second-order valence-corrected chi connectivity index (χ2v) is 7.43. The Labute approximate surface area is 190 Å². The molecule has 0 heterocycles. The molecule has 0 fully saturated rings. The Morgan fingerprint density at radius 2 is 1.52 bits per heavy atom. The lowest BCUT2D eigenvalue weighted by Crippen LogP contribution is -2.30. The van der Waals surface area contributed by atoms with Gasteiger partial charge in [0.1, 0.15) is 11.5 Å². The molecule has 2 N–H and O–H groups in total. The topological polar surface area (TPSA) is 76.7 Å². The molecule has 160 valence electrons. The van der Waals surface area contributed by atoms with Crippen LogP contribution in [0.5, 0.6) is 11.5 Å². The van der Waals surface area contributed by atoms with Crippen LogP contribution >= 0.6 is 23.2 Å². The van der Waals surface area contributed by atoms with Crippen molar-refractivity contribution in [1.29, 1.82) is 0 Å². The number of hydrogen-bond donors (Lipinski definition) is 2. The summed E-state index contributed by atoms with van der Waals surface area (Å²) in [7, 11) is 1.52. The molecular formula is C23H20Cl2N2O4. The Kier molecular flexibility index (Phi) is 7.39. The molecule has 0 aliphatic heterocycles. The van der Waals surface area contributed by atoms with E-state index >= 15 is 0 Å². The van der Waals surface area contributed by atoms with Crippen molar-refractivity contribution in [2.45, 2.75) is 13.0 Å². The molecular weight excluding hydrogens is 439 g/mol. The third kappa shape index (κ3) is 6.13. The maximum absolute atomic E-state index is 12.4. The number of methoxy groups -OCH3 is 1. The summed E-state index contributed by atoms with van der Waals surface area (Å²) < 4.78 is 10.8. The standard InChI is InChI=1S/C23H20Cl2N2O4/c1-14(22(28)27-18-9-12-21(30-2)20(25)13-18)31-19-10-3-15(4-11-19)23(29)26-17-7-5-16(24)6-8-17/h3-14H,1-2H3,(H,26,29)(H,27,28). The van der Waals surface area contributed by atoms with E-state index in [1.54, 1.807) is 73.7 Å². The van der Waals surface area contributed by atoms with Gasteiger partial charge in [0, 0.05) is 22.0 Å². The molecule has 8 heteroatoms. The summed E-state index contributed by atoms with van der Waals surface area (Å²) in [4.78, 5) is 24.7. The van der Waals surface area contributed by atoms with Crippen LogP contribution in [-0.2, 0) is 4.79 Å². The smallest absolute Gasteiger partial charge is 0.265 e. The molecule has 3 rings (SSSR count). The van der Waals surface area contributed by atoms with Gasteiger partial charge < -0.3 is 20.1 Å². The second-order valence-electron chi connectivity index (χ2n) is 6.58. The molecule has 0 aliphatic carbocycles. The molecule has 6 nitrogen and oxygen atoms in total. The van der Waals surface area contributed by atoms with Gasteiger partial charge in [0.2, 0.25) is 0 Å². The van der Waals surface area contributed by atoms with Crippen LogP contribution in [-0.4, -0.2) is 25.0 Å². The van der Waals surface area contributed by atoms with Gasteiger partial charge in [-0.15, -0.1) is 0 Å². The molecule has 0 aliphatic rings. The van der Waals surface area contributed by atoms with Crippen molar-refractivity contribution >= 4 is 46.4 Å². The van der Waals surface area contributed by atoms with Gasteiger partial charge >= 0.3 is 0 Å². The Balaban J connectivity index is 1.57. The summed E-state index contributed by atoms with van der Waals surface area (Å²) in [5, 5.41) is 6.50. The SMILES string of the molecule is COc1ccc(NC(=O)C(C)Oc2ccc(C(=O)Nc3ccc(Cl)cc3)cc2)cc1Cl. The van der Waals surface area contributed by atoms with Crippen LogP contribution in [0.1, 0.15) is 17.3 Å². The molecule has 0 bridgehead atoms. The van der Waals surface area contributed by atoms with E-state index in [0.717, 1.165) is 0 Å². The summed E-state index contributed by atoms with van der Waals surface area (Å²) in [6.07, 6.45) is -0.769. The summed E-state index contributed by atoms with van der Waals surface area (Å²) >= 11 is 11.9. The van der Waals surface area contributed by atoms with Crippen molar-refractivity contribution in [3.05, 3.63) is 82.3 Å². The van der Waals surface area contributed by atoms with E-state index in [9.17, 15) is 9.59 Å². The van der Waals surface area contributed by atoms with Gasteiger partial charge in [0.05, 0.1) is 12.1 Å². The number of ether oxygens (including phenoxy) is 2. The average molecular weight is 459 g/mol. The van der Waals surface area contributed by atoms with Gasteiger partial charge in [-0.3, -0.25) is 9.59 Å². The van der Waals surface area contributed by atoms with Crippen LogP contribution in [0.4, 0.5) is 11.4 Å². The molecule has 3 aromatic carbocycles. The first kappa shape index (κ1) is 22.5. The van der Waals surface area contributed by atoms with Crippen molar-refractivity contribution in [2.24, 2.45) is 0 Å². The first-order chi connectivity index (χ1) is 14.9. The molecule has 0 radical (unpaired) electrons. The van der Waals surface area contributed by atoms with Gasteiger partial charge in [-0.1, -0.05) is 23.2 Å². The minimum absolute atomic E-state index is 0.268. The van der Waals surface area contributed by atoms with Gasteiger partial charge in [0.25, 0.3) is 11.8 Å². The van der Waals surface area contributed by atoms with E-state index in [-0.39, 0.29) is 11.8 Å². The van der Waals surface area contributed by atoms with Gasteiger partial charge in [-0.2, -0.15) is 0 Å². The summed E-state index contributed by atoms with van der Waals surface area (Å²) in [6, 6.07) is 18.3. The zero-order chi connectivity index (χ0) is 22.4. The number of carbonyl (C=O) groups is 2. The number of hydrogen-bond acceptors (Lipinski definition) is 4. The lowest BCUT2D eigenvalue weighted by atomic mass is 10.2. The highest BCUT2D eigenvalue weighted by molar-refractivity contribution is 6.32.